The quantitative estimate of drug-likeness (QED) is 0.849. The molecule has 1 heterocycles. The molecule has 0 bridgehead atoms. The number of halogens is 1. The topological polar surface area (TPSA) is 41.6 Å². The number of amides is 1. The average molecular weight is 306 g/mol. The van der Waals surface area contributed by atoms with Crippen molar-refractivity contribution < 1.29 is 13.9 Å². The van der Waals surface area contributed by atoms with E-state index >= 15 is 0 Å². The molecule has 0 unspecified atom stereocenters. The molecule has 1 aliphatic rings. The summed E-state index contributed by atoms with van der Waals surface area (Å²) in [5, 5.41) is 3.18. The molecule has 0 aliphatic carbocycles. The number of nitrogens with zero attached hydrogens (tertiary/aromatic N) is 1. The van der Waals surface area contributed by atoms with Gasteiger partial charge < -0.3 is 15.0 Å². The standard InChI is InChI=1S/C17H23FN2O2/c1-19-12-14-7-9-20(10-8-14)17(21)6-4-13-3-5-16(22-2)15(18)11-13/h3-6,11,14,19H,7-10,12H2,1-2H3. The lowest BCUT2D eigenvalue weighted by atomic mass is 9.97. The summed E-state index contributed by atoms with van der Waals surface area (Å²) in [6, 6.07) is 4.65. The van der Waals surface area contributed by atoms with E-state index in [1.807, 2.05) is 11.9 Å². The fourth-order valence-electron chi connectivity index (χ4n) is 2.71. The lowest BCUT2D eigenvalue weighted by Crippen LogP contribution is -2.39. The van der Waals surface area contributed by atoms with Crippen LogP contribution < -0.4 is 10.1 Å². The normalized spacial score (nSPS) is 16.2. The van der Waals surface area contributed by atoms with Crippen molar-refractivity contribution in [1.82, 2.24) is 10.2 Å². The summed E-state index contributed by atoms with van der Waals surface area (Å²) in [7, 11) is 3.38. The number of piperidine rings is 1. The molecule has 0 saturated carbocycles. The number of benzene rings is 1. The van der Waals surface area contributed by atoms with Crippen LogP contribution in [0.3, 0.4) is 0 Å². The third kappa shape index (κ3) is 4.31. The van der Waals surface area contributed by atoms with Crippen molar-refractivity contribution in [1.29, 1.82) is 0 Å². The number of methoxy groups -OCH3 is 1. The molecule has 5 heteroatoms. The lowest BCUT2D eigenvalue weighted by Gasteiger charge is -2.31. The van der Waals surface area contributed by atoms with Crippen LogP contribution in [0.2, 0.25) is 0 Å². The van der Waals surface area contributed by atoms with Crippen LogP contribution in [0.5, 0.6) is 5.75 Å². The van der Waals surface area contributed by atoms with E-state index in [4.69, 9.17) is 4.74 Å². The summed E-state index contributed by atoms with van der Waals surface area (Å²) in [5.41, 5.74) is 0.650. The molecule has 1 aromatic carbocycles. The minimum atomic E-state index is -0.426. The molecular weight excluding hydrogens is 283 g/mol. The molecule has 22 heavy (non-hydrogen) atoms. The van der Waals surface area contributed by atoms with Gasteiger partial charge in [0.05, 0.1) is 7.11 Å². The van der Waals surface area contributed by atoms with Crippen LogP contribution in [-0.2, 0) is 4.79 Å². The van der Waals surface area contributed by atoms with Crippen LogP contribution in [0.25, 0.3) is 6.08 Å². The lowest BCUT2D eigenvalue weighted by molar-refractivity contribution is -0.127. The van der Waals surface area contributed by atoms with E-state index in [1.165, 1.54) is 19.3 Å². The third-order valence-corrected chi connectivity index (χ3v) is 4.01. The van der Waals surface area contributed by atoms with Gasteiger partial charge in [-0.25, -0.2) is 4.39 Å². The Morgan fingerprint density at radius 3 is 2.77 bits per heavy atom. The first-order valence-corrected chi connectivity index (χ1v) is 7.59. The van der Waals surface area contributed by atoms with Crippen molar-refractivity contribution in [3.63, 3.8) is 0 Å². The molecule has 120 valence electrons. The summed E-state index contributed by atoms with van der Waals surface area (Å²) >= 11 is 0. The van der Waals surface area contributed by atoms with E-state index in [0.717, 1.165) is 32.5 Å². The molecule has 1 fully saturated rings. The van der Waals surface area contributed by atoms with Crippen LogP contribution in [-0.4, -0.2) is 44.6 Å². The molecule has 1 saturated heterocycles. The van der Waals surface area contributed by atoms with Crippen LogP contribution >= 0.6 is 0 Å². The Morgan fingerprint density at radius 2 is 2.18 bits per heavy atom. The fourth-order valence-corrected chi connectivity index (χ4v) is 2.71. The van der Waals surface area contributed by atoms with E-state index in [1.54, 1.807) is 18.2 Å². The molecule has 1 aliphatic heterocycles. The summed E-state index contributed by atoms with van der Waals surface area (Å²) in [5.74, 6) is 0.410. The number of carbonyl (C=O) groups is 1. The highest BCUT2D eigenvalue weighted by Gasteiger charge is 2.20. The van der Waals surface area contributed by atoms with Crippen molar-refractivity contribution in [2.75, 3.05) is 33.8 Å². The number of rotatable bonds is 5. The number of ether oxygens (including phenoxy) is 1. The Bertz CT molecular complexity index is 537. The van der Waals surface area contributed by atoms with Gasteiger partial charge in [0.25, 0.3) is 0 Å². The minimum Gasteiger partial charge on any atom is -0.494 e. The maximum absolute atomic E-state index is 13.6. The Balaban J connectivity index is 1.90. The predicted molar refractivity (Wildman–Crippen MR) is 85.2 cm³/mol. The second kappa shape index (κ2) is 7.94. The van der Waals surface area contributed by atoms with E-state index in [9.17, 15) is 9.18 Å². The number of carbonyl (C=O) groups excluding carboxylic acids is 1. The maximum Gasteiger partial charge on any atom is 0.246 e. The van der Waals surface area contributed by atoms with Gasteiger partial charge in [-0.1, -0.05) is 6.07 Å². The highest BCUT2D eigenvalue weighted by Crippen LogP contribution is 2.19. The van der Waals surface area contributed by atoms with Crippen LogP contribution in [0, 0.1) is 11.7 Å². The highest BCUT2D eigenvalue weighted by molar-refractivity contribution is 5.91. The molecule has 2 rings (SSSR count). The second-order valence-corrected chi connectivity index (χ2v) is 5.55. The maximum atomic E-state index is 13.6. The van der Waals surface area contributed by atoms with Gasteiger partial charge >= 0.3 is 0 Å². The van der Waals surface area contributed by atoms with Crippen molar-refractivity contribution in [3.8, 4) is 5.75 Å². The van der Waals surface area contributed by atoms with Gasteiger partial charge in [-0.15, -0.1) is 0 Å². The molecule has 1 aromatic rings. The highest BCUT2D eigenvalue weighted by atomic mass is 19.1. The van der Waals surface area contributed by atoms with Crippen molar-refractivity contribution >= 4 is 12.0 Å². The molecule has 0 aromatic heterocycles. The zero-order valence-electron chi connectivity index (χ0n) is 13.1. The first kappa shape index (κ1) is 16.5. The van der Waals surface area contributed by atoms with Gasteiger partial charge in [0, 0.05) is 19.2 Å². The van der Waals surface area contributed by atoms with Crippen LogP contribution in [0.4, 0.5) is 4.39 Å². The summed E-state index contributed by atoms with van der Waals surface area (Å²) in [6.07, 6.45) is 5.21. The number of likely N-dealkylation sites (tertiary alicyclic amines) is 1. The Hall–Kier alpha value is -1.88. The number of nitrogens with one attached hydrogen (secondary N) is 1. The zero-order chi connectivity index (χ0) is 15.9. The van der Waals surface area contributed by atoms with E-state index in [2.05, 4.69) is 5.32 Å². The Kier molecular flexibility index (Phi) is 5.95. The monoisotopic (exact) mass is 306 g/mol. The van der Waals surface area contributed by atoms with Gasteiger partial charge in [0.15, 0.2) is 11.6 Å². The van der Waals surface area contributed by atoms with Gasteiger partial charge in [0.1, 0.15) is 0 Å². The Labute approximate surface area is 131 Å². The average Bonchev–Trinajstić information content (AvgIpc) is 2.54. The third-order valence-electron chi connectivity index (χ3n) is 4.01. The molecule has 1 N–H and O–H groups in total. The van der Waals surface area contributed by atoms with Gasteiger partial charge in [0.2, 0.25) is 5.91 Å². The smallest absolute Gasteiger partial charge is 0.246 e. The fraction of sp³-hybridized carbons (Fsp3) is 0.471. The molecule has 0 atom stereocenters. The van der Waals surface area contributed by atoms with Crippen LogP contribution in [0.1, 0.15) is 18.4 Å². The minimum absolute atomic E-state index is 0.0147. The van der Waals surface area contributed by atoms with E-state index < -0.39 is 5.82 Å². The summed E-state index contributed by atoms with van der Waals surface area (Å²) in [6.45, 7) is 2.57. The molecule has 0 spiro atoms. The van der Waals surface area contributed by atoms with Gasteiger partial charge in [-0.2, -0.15) is 0 Å². The largest absolute Gasteiger partial charge is 0.494 e. The van der Waals surface area contributed by atoms with Gasteiger partial charge in [-0.05, 0) is 56.1 Å². The van der Waals surface area contributed by atoms with Crippen molar-refractivity contribution in [2.24, 2.45) is 5.92 Å². The number of hydrogen-bond acceptors (Lipinski definition) is 3. The molecule has 4 nitrogen and oxygen atoms in total. The predicted octanol–water partition coefficient (Wildman–Crippen LogP) is 2.31. The molecule has 1 amide bonds. The Morgan fingerprint density at radius 1 is 1.45 bits per heavy atom. The zero-order valence-corrected chi connectivity index (χ0v) is 13.1. The van der Waals surface area contributed by atoms with E-state index in [-0.39, 0.29) is 11.7 Å². The molecule has 0 radical (unpaired) electrons. The van der Waals surface area contributed by atoms with Crippen LogP contribution in [0.15, 0.2) is 24.3 Å². The second-order valence-electron chi connectivity index (χ2n) is 5.55. The summed E-state index contributed by atoms with van der Waals surface area (Å²) in [4.78, 5) is 14.0. The molecular formula is C17H23FN2O2. The first-order chi connectivity index (χ1) is 10.6. The van der Waals surface area contributed by atoms with E-state index in [0.29, 0.717) is 11.5 Å². The van der Waals surface area contributed by atoms with Crippen molar-refractivity contribution in [3.05, 3.63) is 35.7 Å². The van der Waals surface area contributed by atoms with Gasteiger partial charge in [-0.3, -0.25) is 4.79 Å². The number of hydrogen-bond donors (Lipinski definition) is 1. The SMILES string of the molecule is CNCC1CCN(C(=O)C=Cc2ccc(OC)c(F)c2)CC1. The summed E-state index contributed by atoms with van der Waals surface area (Å²) < 4.78 is 18.5. The first-order valence-electron chi connectivity index (χ1n) is 7.59. The van der Waals surface area contributed by atoms with Crippen molar-refractivity contribution in [2.45, 2.75) is 12.8 Å².